The first-order chi connectivity index (χ1) is 7.59. The molecule has 5 heteroatoms. The third-order valence-corrected chi connectivity index (χ3v) is 2.05. The van der Waals surface area contributed by atoms with Gasteiger partial charge in [-0.25, -0.2) is 0 Å². The number of anilines is 1. The van der Waals surface area contributed by atoms with Crippen LogP contribution in [-0.2, 0) is 9.59 Å². The van der Waals surface area contributed by atoms with Gasteiger partial charge in [0.25, 0.3) is 0 Å². The van der Waals surface area contributed by atoms with Gasteiger partial charge < -0.3 is 16.2 Å². The number of hydrogen-bond donors (Lipinski definition) is 3. The maximum absolute atomic E-state index is 11.5. The highest BCUT2D eigenvalue weighted by molar-refractivity contribution is 5.94. The zero-order valence-electron chi connectivity index (χ0n) is 8.72. The summed E-state index contributed by atoms with van der Waals surface area (Å²) < 4.78 is 0. The Kier molecular flexibility index (Phi) is 4.47. The molecule has 0 bridgehead atoms. The summed E-state index contributed by atoms with van der Waals surface area (Å²) in [5.74, 6) is -1.32. The summed E-state index contributed by atoms with van der Waals surface area (Å²) in [5, 5.41) is 11.1. The number of nitrogens with two attached hydrogens (primary N) is 1. The molecule has 86 valence electrons. The van der Waals surface area contributed by atoms with E-state index in [4.69, 9.17) is 10.8 Å². The van der Waals surface area contributed by atoms with E-state index in [2.05, 4.69) is 5.32 Å². The molecule has 1 aromatic carbocycles. The van der Waals surface area contributed by atoms with Crippen molar-refractivity contribution in [3.05, 3.63) is 30.3 Å². The first kappa shape index (κ1) is 12.2. The van der Waals surface area contributed by atoms with E-state index < -0.39 is 12.0 Å². The second kappa shape index (κ2) is 5.87. The molecule has 0 aliphatic rings. The van der Waals surface area contributed by atoms with Gasteiger partial charge in [-0.3, -0.25) is 9.59 Å². The van der Waals surface area contributed by atoms with Gasteiger partial charge in [-0.15, -0.1) is 0 Å². The van der Waals surface area contributed by atoms with Gasteiger partial charge in [0.15, 0.2) is 0 Å². The van der Waals surface area contributed by atoms with Crippen molar-refractivity contribution in [3.8, 4) is 0 Å². The molecule has 0 heterocycles. The molecule has 0 aliphatic carbocycles. The summed E-state index contributed by atoms with van der Waals surface area (Å²) in [4.78, 5) is 21.8. The molecule has 16 heavy (non-hydrogen) atoms. The Morgan fingerprint density at radius 2 is 1.94 bits per heavy atom. The molecule has 5 nitrogen and oxygen atoms in total. The van der Waals surface area contributed by atoms with E-state index in [1.807, 2.05) is 6.07 Å². The fourth-order valence-electron chi connectivity index (χ4n) is 1.17. The van der Waals surface area contributed by atoms with E-state index in [9.17, 15) is 9.59 Å². The van der Waals surface area contributed by atoms with Crippen LogP contribution in [0, 0.1) is 0 Å². The van der Waals surface area contributed by atoms with Gasteiger partial charge in [0.05, 0.1) is 6.04 Å². The average molecular weight is 222 g/mol. The van der Waals surface area contributed by atoms with Gasteiger partial charge >= 0.3 is 5.97 Å². The molecule has 1 aromatic rings. The third-order valence-electron chi connectivity index (χ3n) is 2.05. The van der Waals surface area contributed by atoms with Crippen molar-refractivity contribution in [2.45, 2.75) is 18.9 Å². The number of aliphatic carboxylic acids is 1. The molecular weight excluding hydrogens is 208 g/mol. The van der Waals surface area contributed by atoms with Crippen molar-refractivity contribution in [2.75, 3.05) is 5.32 Å². The average Bonchev–Trinajstić information content (AvgIpc) is 2.27. The molecule has 1 atom stereocenters. The molecule has 4 N–H and O–H groups in total. The van der Waals surface area contributed by atoms with Gasteiger partial charge in [0.1, 0.15) is 0 Å². The minimum Gasteiger partial charge on any atom is -0.481 e. The van der Waals surface area contributed by atoms with E-state index in [-0.39, 0.29) is 18.7 Å². The van der Waals surface area contributed by atoms with Gasteiger partial charge in [-0.05, 0) is 18.6 Å². The van der Waals surface area contributed by atoms with Gasteiger partial charge in [-0.1, -0.05) is 18.2 Å². The SMILES string of the molecule is NC(CCC(=O)O)C(=O)Nc1ccccc1. The lowest BCUT2D eigenvalue weighted by Crippen LogP contribution is -2.36. The second-order valence-electron chi connectivity index (χ2n) is 3.39. The number of carboxylic acids is 1. The van der Waals surface area contributed by atoms with Crippen LogP contribution in [0.1, 0.15) is 12.8 Å². The molecule has 0 aromatic heterocycles. The summed E-state index contributed by atoms with van der Waals surface area (Å²) in [6.45, 7) is 0. The van der Waals surface area contributed by atoms with E-state index >= 15 is 0 Å². The maximum Gasteiger partial charge on any atom is 0.303 e. The monoisotopic (exact) mass is 222 g/mol. The maximum atomic E-state index is 11.5. The lowest BCUT2D eigenvalue weighted by Gasteiger charge is -2.10. The lowest BCUT2D eigenvalue weighted by atomic mass is 10.1. The summed E-state index contributed by atoms with van der Waals surface area (Å²) in [6.07, 6.45) is 0.0252. The molecule has 0 spiro atoms. The molecule has 0 saturated carbocycles. The fourth-order valence-corrected chi connectivity index (χ4v) is 1.17. The van der Waals surface area contributed by atoms with Crippen LogP contribution in [0.4, 0.5) is 5.69 Å². The summed E-state index contributed by atoms with van der Waals surface area (Å²) in [5.41, 5.74) is 6.19. The molecule has 1 unspecified atom stereocenters. The zero-order valence-corrected chi connectivity index (χ0v) is 8.72. The fraction of sp³-hybridized carbons (Fsp3) is 0.273. The standard InChI is InChI=1S/C11H14N2O3/c12-9(6-7-10(14)15)11(16)13-8-4-2-1-3-5-8/h1-5,9H,6-7,12H2,(H,13,16)(H,14,15). The quantitative estimate of drug-likeness (QED) is 0.687. The molecule has 1 rings (SSSR count). The molecular formula is C11H14N2O3. The predicted molar refractivity (Wildman–Crippen MR) is 59.9 cm³/mol. The first-order valence-corrected chi connectivity index (χ1v) is 4.93. The Morgan fingerprint density at radius 3 is 2.50 bits per heavy atom. The summed E-state index contributed by atoms with van der Waals surface area (Å²) >= 11 is 0. The summed E-state index contributed by atoms with van der Waals surface area (Å²) in [7, 11) is 0. The highest BCUT2D eigenvalue weighted by Gasteiger charge is 2.14. The van der Waals surface area contributed by atoms with Gasteiger partial charge in [0, 0.05) is 12.1 Å². The van der Waals surface area contributed by atoms with Crippen molar-refractivity contribution in [1.29, 1.82) is 0 Å². The Bertz CT molecular complexity index is 365. The number of nitrogens with one attached hydrogen (secondary N) is 1. The molecule has 0 saturated heterocycles. The Labute approximate surface area is 93.3 Å². The lowest BCUT2D eigenvalue weighted by molar-refractivity contribution is -0.137. The Hall–Kier alpha value is -1.88. The van der Waals surface area contributed by atoms with Crippen molar-refractivity contribution >= 4 is 17.6 Å². The highest BCUT2D eigenvalue weighted by atomic mass is 16.4. The Balaban J connectivity index is 2.43. The number of amides is 1. The number of benzene rings is 1. The van der Waals surface area contributed by atoms with Crippen LogP contribution in [0.5, 0.6) is 0 Å². The number of carboxylic acid groups (broad SMARTS) is 1. The number of carbonyl (C=O) groups is 2. The summed E-state index contributed by atoms with van der Waals surface area (Å²) in [6, 6.07) is 8.09. The van der Waals surface area contributed by atoms with Crippen LogP contribution >= 0.6 is 0 Å². The topological polar surface area (TPSA) is 92.4 Å². The van der Waals surface area contributed by atoms with Crippen molar-refractivity contribution < 1.29 is 14.7 Å². The molecule has 0 aliphatic heterocycles. The first-order valence-electron chi connectivity index (χ1n) is 4.93. The van der Waals surface area contributed by atoms with Gasteiger partial charge in [-0.2, -0.15) is 0 Å². The van der Waals surface area contributed by atoms with E-state index in [1.54, 1.807) is 24.3 Å². The smallest absolute Gasteiger partial charge is 0.303 e. The van der Waals surface area contributed by atoms with Crippen LogP contribution in [0.3, 0.4) is 0 Å². The van der Waals surface area contributed by atoms with Crippen LogP contribution in [0.25, 0.3) is 0 Å². The molecule has 1 amide bonds. The van der Waals surface area contributed by atoms with Crippen LogP contribution in [0.15, 0.2) is 30.3 Å². The predicted octanol–water partition coefficient (Wildman–Crippen LogP) is 0.817. The molecule has 0 fully saturated rings. The minimum absolute atomic E-state index is 0.108. The van der Waals surface area contributed by atoms with Crippen molar-refractivity contribution in [1.82, 2.24) is 0 Å². The van der Waals surface area contributed by atoms with Crippen LogP contribution < -0.4 is 11.1 Å². The third kappa shape index (κ3) is 4.10. The second-order valence-corrected chi connectivity index (χ2v) is 3.39. The molecule has 0 radical (unpaired) electrons. The van der Waals surface area contributed by atoms with Crippen molar-refractivity contribution in [3.63, 3.8) is 0 Å². The van der Waals surface area contributed by atoms with Crippen LogP contribution in [-0.4, -0.2) is 23.0 Å². The number of para-hydroxylation sites is 1. The minimum atomic E-state index is -0.956. The van der Waals surface area contributed by atoms with Gasteiger partial charge in [0.2, 0.25) is 5.91 Å². The number of carbonyl (C=O) groups excluding carboxylic acids is 1. The van der Waals surface area contributed by atoms with E-state index in [0.29, 0.717) is 5.69 Å². The number of rotatable bonds is 5. The van der Waals surface area contributed by atoms with Crippen molar-refractivity contribution in [2.24, 2.45) is 5.73 Å². The highest BCUT2D eigenvalue weighted by Crippen LogP contribution is 2.06. The van der Waals surface area contributed by atoms with E-state index in [1.165, 1.54) is 0 Å². The number of hydrogen-bond acceptors (Lipinski definition) is 3. The Morgan fingerprint density at radius 1 is 1.31 bits per heavy atom. The largest absolute Gasteiger partial charge is 0.481 e. The van der Waals surface area contributed by atoms with E-state index in [0.717, 1.165) is 0 Å². The van der Waals surface area contributed by atoms with Crippen LogP contribution in [0.2, 0.25) is 0 Å². The normalized spacial score (nSPS) is 11.8. The zero-order chi connectivity index (χ0) is 12.0.